The third-order valence-electron chi connectivity index (χ3n) is 8.49. The number of para-hydroxylation sites is 1. The van der Waals surface area contributed by atoms with Crippen molar-refractivity contribution in [1.29, 1.82) is 0 Å². The molecule has 9 rings (SSSR count). The fourth-order valence-corrected chi connectivity index (χ4v) is 7.93. The second-order valence-electron chi connectivity index (χ2n) is 10.7. The number of hydrogen-bond acceptors (Lipinski definition) is 2. The smallest absolute Gasteiger partial charge is 0.0708 e. The van der Waals surface area contributed by atoms with Gasteiger partial charge in [0.15, 0.2) is 0 Å². The van der Waals surface area contributed by atoms with E-state index in [4.69, 9.17) is 4.98 Å². The summed E-state index contributed by atoms with van der Waals surface area (Å²) >= 11 is 1.87. The van der Waals surface area contributed by atoms with E-state index >= 15 is 0 Å². The van der Waals surface area contributed by atoms with E-state index in [1.807, 2.05) is 11.3 Å². The Bertz CT molecular complexity index is 2480. The highest BCUT2D eigenvalue weighted by Crippen LogP contribution is 2.49. The van der Waals surface area contributed by atoms with Gasteiger partial charge >= 0.3 is 0 Å². The first-order valence-electron chi connectivity index (χ1n) is 14.0. The monoisotopic (exact) mass is 537 g/mol. The van der Waals surface area contributed by atoms with Gasteiger partial charge in [0.25, 0.3) is 0 Å². The van der Waals surface area contributed by atoms with Crippen molar-refractivity contribution < 1.29 is 0 Å². The molecule has 0 aliphatic carbocycles. The van der Waals surface area contributed by atoms with Gasteiger partial charge in [-0.2, -0.15) is 0 Å². The molecule has 0 unspecified atom stereocenters. The fourth-order valence-electron chi connectivity index (χ4n) is 6.80. The van der Waals surface area contributed by atoms with E-state index < -0.39 is 0 Å². The number of rotatable bonds is 2. The van der Waals surface area contributed by atoms with Crippen LogP contribution in [0.15, 0.2) is 140 Å². The molecule has 0 amide bonds. The molecule has 2 aromatic heterocycles. The first-order chi connectivity index (χ1) is 20.4. The van der Waals surface area contributed by atoms with Crippen LogP contribution in [0.2, 0.25) is 0 Å². The molecule has 0 fully saturated rings. The summed E-state index contributed by atoms with van der Waals surface area (Å²) in [4.78, 5) is 5.03. The maximum Gasteiger partial charge on any atom is 0.0708 e. The lowest BCUT2D eigenvalue weighted by atomic mass is 9.83. The number of benzene rings is 7. The second-order valence-corrected chi connectivity index (χ2v) is 11.7. The van der Waals surface area contributed by atoms with Crippen molar-refractivity contribution in [3.63, 3.8) is 0 Å². The molecule has 1 nitrogen and oxygen atoms in total. The third kappa shape index (κ3) is 3.26. The second kappa shape index (κ2) is 8.72. The van der Waals surface area contributed by atoms with Crippen LogP contribution < -0.4 is 0 Å². The summed E-state index contributed by atoms with van der Waals surface area (Å²) < 4.78 is 2.63. The molecule has 2 heteroatoms. The van der Waals surface area contributed by atoms with Crippen molar-refractivity contribution in [2.24, 2.45) is 0 Å². The minimum Gasteiger partial charge on any atom is -0.256 e. The predicted octanol–water partition coefficient (Wildman–Crippen LogP) is 11.4. The number of fused-ring (bicyclic) bond motifs is 8. The number of aromatic nitrogens is 1. The molecular formula is C39H23NS. The summed E-state index contributed by atoms with van der Waals surface area (Å²) in [5.74, 6) is 0. The van der Waals surface area contributed by atoms with Crippen molar-refractivity contribution in [1.82, 2.24) is 4.98 Å². The lowest BCUT2D eigenvalue weighted by Gasteiger charge is -2.20. The average molecular weight is 538 g/mol. The van der Waals surface area contributed by atoms with Crippen LogP contribution in [-0.4, -0.2) is 4.98 Å². The van der Waals surface area contributed by atoms with E-state index in [-0.39, 0.29) is 0 Å². The number of pyridine rings is 1. The van der Waals surface area contributed by atoms with Crippen LogP contribution in [0, 0.1) is 0 Å². The molecule has 41 heavy (non-hydrogen) atoms. The van der Waals surface area contributed by atoms with E-state index in [9.17, 15) is 0 Å². The molecule has 0 radical (unpaired) electrons. The highest BCUT2D eigenvalue weighted by atomic mass is 32.1. The molecule has 190 valence electrons. The normalized spacial score (nSPS) is 11.9. The number of thiophene rings is 1. The summed E-state index contributed by atoms with van der Waals surface area (Å²) in [6.45, 7) is 0. The number of nitrogens with zero attached hydrogens (tertiary/aromatic N) is 1. The van der Waals surface area contributed by atoms with E-state index in [1.54, 1.807) is 0 Å². The van der Waals surface area contributed by atoms with Crippen LogP contribution >= 0.6 is 11.3 Å². The fraction of sp³-hybridized carbons (Fsp3) is 0. The van der Waals surface area contributed by atoms with E-state index in [2.05, 4.69) is 140 Å². The maximum atomic E-state index is 5.03. The molecule has 0 atom stereocenters. The third-order valence-corrected chi connectivity index (χ3v) is 9.63. The molecule has 0 saturated heterocycles. The predicted molar refractivity (Wildman–Crippen MR) is 178 cm³/mol. The van der Waals surface area contributed by atoms with Crippen LogP contribution in [0.25, 0.3) is 85.6 Å². The zero-order valence-corrected chi connectivity index (χ0v) is 23.0. The SMILES string of the molecule is c1ccc2c(-c3c4ccccc4c(-c4cccc5sc6ccccc6c45)c4cnc5ccccc5c34)cccc2c1. The van der Waals surface area contributed by atoms with Gasteiger partial charge in [0, 0.05) is 42.5 Å². The van der Waals surface area contributed by atoms with Gasteiger partial charge in [0.2, 0.25) is 0 Å². The van der Waals surface area contributed by atoms with Gasteiger partial charge < -0.3 is 0 Å². The minimum absolute atomic E-state index is 1.02. The van der Waals surface area contributed by atoms with Gasteiger partial charge in [-0.05, 0) is 62.0 Å². The van der Waals surface area contributed by atoms with Crippen LogP contribution in [0.3, 0.4) is 0 Å². The Morgan fingerprint density at radius 3 is 1.88 bits per heavy atom. The largest absolute Gasteiger partial charge is 0.256 e. The highest BCUT2D eigenvalue weighted by molar-refractivity contribution is 7.25. The van der Waals surface area contributed by atoms with E-state index in [1.165, 1.54) is 80.1 Å². The highest BCUT2D eigenvalue weighted by Gasteiger charge is 2.22. The Hall–Kier alpha value is -5.05. The van der Waals surface area contributed by atoms with Gasteiger partial charge in [-0.15, -0.1) is 11.3 Å². The standard InChI is InChI=1S/C39H23NS/c1-2-13-25-24(11-1)12-9-18-26(25)38-28-15-4-3-14-27(28)36(32-23-40-33-20-7-5-16-29(33)39(32)38)31-19-10-22-35-37(31)30-17-6-8-21-34(30)41-35/h1-23H. The average Bonchev–Trinajstić information content (AvgIpc) is 3.42. The zero-order chi connectivity index (χ0) is 26.9. The van der Waals surface area contributed by atoms with Crippen molar-refractivity contribution in [3.8, 4) is 22.3 Å². The van der Waals surface area contributed by atoms with Crippen LogP contribution in [-0.2, 0) is 0 Å². The van der Waals surface area contributed by atoms with Crippen LogP contribution in [0.4, 0.5) is 0 Å². The van der Waals surface area contributed by atoms with Crippen molar-refractivity contribution >= 4 is 74.7 Å². The van der Waals surface area contributed by atoms with Gasteiger partial charge in [-0.1, -0.05) is 115 Å². The molecule has 0 aliphatic heterocycles. The molecule has 2 heterocycles. The minimum atomic E-state index is 1.02. The molecule has 9 aromatic rings. The maximum absolute atomic E-state index is 5.03. The Labute approximate surface area is 240 Å². The van der Waals surface area contributed by atoms with Gasteiger partial charge in [0.1, 0.15) is 0 Å². The summed E-state index contributed by atoms with van der Waals surface area (Å²) in [6.07, 6.45) is 2.11. The van der Waals surface area contributed by atoms with Crippen LogP contribution in [0.5, 0.6) is 0 Å². The summed E-state index contributed by atoms with van der Waals surface area (Å²) in [5.41, 5.74) is 6.07. The lowest BCUT2D eigenvalue weighted by Crippen LogP contribution is -1.94. The molecule has 0 bridgehead atoms. The molecule has 7 aromatic carbocycles. The molecule has 0 saturated carbocycles. The summed E-state index contributed by atoms with van der Waals surface area (Å²) in [7, 11) is 0. The van der Waals surface area contributed by atoms with E-state index in [0.29, 0.717) is 0 Å². The Balaban J connectivity index is 1.56. The van der Waals surface area contributed by atoms with Gasteiger partial charge in [-0.25, -0.2) is 0 Å². The number of hydrogen-bond donors (Lipinski definition) is 0. The first kappa shape index (κ1) is 22.7. The van der Waals surface area contributed by atoms with Crippen LogP contribution in [0.1, 0.15) is 0 Å². The summed E-state index contributed by atoms with van der Waals surface area (Å²) in [6, 6.07) is 48.5. The van der Waals surface area contributed by atoms with E-state index in [0.717, 1.165) is 5.52 Å². The van der Waals surface area contributed by atoms with Crippen molar-refractivity contribution in [2.45, 2.75) is 0 Å². The lowest BCUT2D eigenvalue weighted by molar-refractivity contribution is 1.45. The molecule has 0 aliphatic rings. The zero-order valence-electron chi connectivity index (χ0n) is 22.1. The molecular weight excluding hydrogens is 515 g/mol. The Kier molecular flexibility index (Phi) is 4.84. The van der Waals surface area contributed by atoms with Crippen molar-refractivity contribution in [3.05, 3.63) is 140 Å². The first-order valence-corrected chi connectivity index (χ1v) is 14.8. The van der Waals surface area contributed by atoms with Gasteiger partial charge in [-0.3, -0.25) is 4.98 Å². The molecule has 0 N–H and O–H groups in total. The van der Waals surface area contributed by atoms with Gasteiger partial charge in [0.05, 0.1) is 5.52 Å². The quantitative estimate of drug-likeness (QED) is 0.158. The molecule has 0 spiro atoms. The summed E-state index contributed by atoms with van der Waals surface area (Å²) in [5, 5.41) is 11.3. The topological polar surface area (TPSA) is 12.9 Å². The van der Waals surface area contributed by atoms with Crippen molar-refractivity contribution in [2.75, 3.05) is 0 Å². The Morgan fingerprint density at radius 2 is 1.00 bits per heavy atom. The Morgan fingerprint density at radius 1 is 0.390 bits per heavy atom.